The van der Waals surface area contributed by atoms with Gasteiger partial charge in [-0.15, -0.1) is 0 Å². The second-order valence-electron chi connectivity index (χ2n) is 6.33. The van der Waals surface area contributed by atoms with Crippen molar-refractivity contribution in [3.8, 4) is 0 Å². The van der Waals surface area contributed by atoms with Gasteiger partial charge in [0.1, 0.15) is 0 Å². The molecule has 0 amide bonds. The predicted molar refractivity (Wildman–Crippen MR) is 107 cm³/mol. The molecule has 0 bridgehead atoms. The lowest BCUT2D eigenvalue weighted by Crippen LogP contribution is -2.50. The van der Waals surface area contributed by atoms with Gasteiger partial charge in [-0.05, 0) is 50.3 Å². The topological polar surface area (TPSA) is 52.6 Å². The molecule has 0 aliphatic carbocycles. The Morgan fingerprint density at radius 3 is 2.60 bits per heavy atom. The molecule has 1 N–H and O–H groups in total. The molecule has 1 saturated heterocycles. The van der Waals surface area contributed by atoms with Crippen molar-refractivity contribution in [1.82, 2.24) is 15.1 Å². The lowest BCUT2D eigenvalue weighted by molar-refractivity contribution is 0.302. The molecule has 0 spiro atoms. The van der Waals surface area contributed by atoms with Gasteiger partial charge in [-0.2, -0.15) is 0 Å². The molecule has 140 valence electrons. The molecule has 1 aliphatic heterocycles. The summed E-state index contributed by atoms with van der Waals surface area (Å²) in [5.74, 6) is 0. The van der Waals surface area contributed by atoms with Crippen LogP contribution in [-0.4, -0.2) is 67.8 Å². The van der Waals surface area contributed by atoms with Gasteiger partial charge in [0.15, 0.2) is 14.9 Å². The highest BCUT2D eigenvalue weighted by Gasteiger charge is 2.32. The molecular weight excluding hydrogens is 354 g/mol. The second kappa shape index (κ2) is 9.50. The van der Waals surface area contributed by atoms with Crippen molar-refractivity contribution < 1.29 is 8.42 Å². The van der Waals surface area contributed by atoms with Crippen molar-refractivity contribution in [1.29, 1.82) is 0 Å². The summed E-state index contributed by atoms with van der Waals surface area (Å²) in [6.45, 7) is 9.33. The molecule has 0 aromatic heterocycles. The Balaban J connectivity index is 1.93. The summed E-state index contributed by atoms with van der Waals surface area (Å²) >= 11 is 5.49. The third-order valence-corrected chi connectivity index (χ3v) is 7.37. The lowest BCUT2D eigenvalue weighted by Gasteiger charge is -2.34. The molecular formula is C18H29N3O2S2. The first-order valence-corrected chi connectivity index (χ1v) is 11.0. The van der Waals surface area contributed by atoms with E-state index in [4.69, 9.17) is 12.2 Å². The number of nitrogens with one attached hydrogen (secondary N) is 1. The quantitative estimate of drug-likeness (QED) is 0.728. The maximum atomic E-state index is 12.8. The van der Waals surface area contributed by atoms with Crippen LogP contribution in [0.3, 0.4) is 0 Å². The van der Waals surface area contributed by atoms with Crippen LogP contribution in [0.25, 0.3) is 0 Å². The van der Waals surface area contributed by atoms with Gasteiger partial charge < -0.3 is 15.1 Å². The minimum absolute atomic E-state index is 0.397. The summed E-state index contributed by atoms with van der Waals surface area (Å²) < 4.78 is 25.7. The van der Waals surface area contributed by atoms with Gasteiger partial charge in [-0.25, -0.2) is 8.42 Å². The van der Waals surface area contributed by atoms with Gasteiger partial charge in [0.05, 0.1) is 10.1 Å². The van der Waals surface area contributed by atoms with Crippen LogP contribution in [0.2, 0.25) is 0 Å². The Labute approximate surface area is 157 Å². The SMILES string of the molecule is CCN(CC)CCNC(=S)N1CCCC(S(=O)(=O)c2ccccc2)C1. The fourth-order valence-electron chi connectivity index (χ4n) is 3.15. The number of sulfone groups is 1. The minimum Gasteiger partial charge on any atom is -0.361 e. The van der Waals surface area contributed by atoms with Gasteiger partial charge in [-0.1, -0.05) is 32.0 Å². The lowest BCUT2D eigenvalue weighted by atomic mass is 10.1. The number of thiocarbonyl (C=S) groups is 1. The second-order valence-corrected chi connectivity index (χ2v) is 8.94. The van der Waals surface area contributed by atoms with Crippen molar-refractivity contribution in [3.05, 3.63) is 30.3 Å². The van der Waals surface area contributed by atoms with E-state index in [1.807, 2.05) is 11.0 Å². The number of benzene rings is 1. The summed E-state index contributed by atoms with van der Waals surface area (Å²) in [6, 6.07) is 8.73. The standard InChI is InChI=1S/C18H29N3O2S2/c1-3-20(4-2)14-12-19-18(24)21-13-8-11-17(15-21)25(22,23)16-9-6-5-7-10-16/h5-7,9-10,17H,3-4,8,11-15H2,1-2H3,(H,19,24). The minimum atomic E-state index is -3.31. The Bertz CT molecular complexity index is 646. The first kappa shape index (κ1) is 20.1. The maximum Gasteiger partial charge on any atom is 0.182 e. The van der Waals surface area contributed by atoms with E-state index < -0.39 is 15.1 Å². The highest BCUT2D eigenvalue weighted by atomic mass is 32.2. The highest BCUT2D eigenvalue weighted by molar-refractivity contribution is 7.92. The molecule has 0 radical (unpaired) electrons. The normalized spacial score (nSPS) is 18.4. The van der Waals surface area contributed by atoms with Crippen LogP contribution in [-0.2, 0) is 9.84 Å². The van der Waals surface area contributed by atoms with E-state index in [0.717, 1.165) is 39.1 Å². The van der Waals surface area contributed by atoms with E-state index in [1.165, 1.54) is 0 Å². The Morgan fingerprint density at radius 2 is 1.96 bits per heavy atom. The van der Waals surface area contributed by atoms with E-state index in [0.29, 0.717) is 23.0 Å². The number of hydrogen-bond donors (Lipinski definition) is 1. The van der Waals surface area contributed by atoms with Crippen LogP contribution in [0.5, 0.6) is 0 Å². The smallest absolute Gasteiger partial charge is 0.182 e. The van der Waals surface area contributed by atoms with Crippen molar-refractivity contribution in [2.24, 2.45) is 0 Å². The third-order valence-electron chi connectivity index (χ3n) is 4.77. The van der Waals surface area contributed by atoms with Crippen molar-refractivity contribution in [2.75, 3.05) is 39.3 Å². The van der Waals surface area contributed by atoms with Crippen LogP contribution >= 0.6 is 12.2 Å². The average Bonchev–Trinajstić information content (AvgIpc) is 2.66. The van der Waals surface area contributed by atoms with Crippen LogP contribution in [0.1, 0.15) is 26.7 Å². The van der Waals surface area contributed by atoms with Crippen LogP contribution < -0.4 is 5.32 Å². The number of piperidine rings is 1. The molecule has 1 atom stereocenters. The maximum absolute atomic E-state index is 12.8. The summed E-state index contributed by atoms with van der Waals surface area (Å²) in [7, 11) is -3.31. The van der Waals surface area contributed by atoms with Gasteiger partial charge in [-0.3, -0.25) is 0 Å². The summed E-state index contributed by atoms with van der Waals surface area (Å²) in [5, 5.41) is 3.55. The van der Waals surface area contributed by atoms with Crippen LogP contribution in [0.15, 0.2) is 35.2 Å². The van der Waals surface area contributed by atoms with E-state index in [1.54, 1.807) is 24.3 Å². The van der Waals surface area contributed by atoms with E-state index >= 15 is 0 Å². The molecule has 1 aromatic rings. The number of hydrogen-bond acceptors (Lipinski definition) is 4. The van der Waals surface area contributed by atoms with Gasteiger partial charge in [0.25, 0.3) is 0 Å². The van der Waals surface area contributed by atoms with E-state index in [-0.39, 0.29) is 0 Å². The average molecular weight is 384 g/mol. The molecule has 25 heavy (non-hydrogen) atoms. The van der Waals surface area contributed by atoms with Gasteiger partial charge in [0, 0.05) is 26.2 Å². The predicted octanol–water partition coefficient (Wildman–Crippen LogP) is 2.14. The molecule has 1 heterocycles. The fourth-order valence-corrected chi connectivity index (χ4v) is 5.19. The number of likely N-dealkylation sites (N-methyl/N-ethyl adjacent to an activating group) is 1. The Kier molecular flexibility index (Phi) is 7.65. The molecule has 5 nitrogen and oxygen atoms in total. The molecule has 1 aliphatic rings. The molecule has 1 unspecified atom stereocenters. The molecule has 2 rings (SSSR count). The van der Waals surface area contributed by atoms with Crippen molar-refractivity contribution in [3.63, 3.8) is 0 Å². The largest absolute Gasteiger partial charge is 0.361 e. The monoisotopic (exact) mass is 383 g/mol. The first-order chi connectivity index (χ1) is 12.0. The number of likely N-dealkylation sites (tertiary alicyclic amines) is 1. The van der Waals surface area contributed by atoms with Gasteiger partial charge >= 0.3 is 0 Å². The van der Waals surface area contributed by atoms with Crippen LogP contribution in [0.4, 0.5) is 0 Å². The molecule has 0 saturated carbocycles. The first-order valence-electron chi connectivity index (χ1n) is 9.03. The summed E-state index contributed by atoms with van der Waals surface area (Å²) in [4.78, 5) is 4.74. The summed E-state index contributed by atoms with van der Waals surface area (Å²) in [5.41, 5.74) is 0. The zero-order valence-corrected chi connectivity index (χ0v) is 16.8. The highest BCUT2D eigenvalue weighted by Crippen LogP contribution is 2.23. The third kappa shape index (κ3) is 5.39. The number of nitrogens with zero attached hydrogens (tertiary/aromatic N) is 2. The van der Waals surface area contributed by atoms with Gasteiger partial charge in [0.2, 0.25) is 0 Å². The number of rotatable bonds is 7. The molecule has 7 heteroatoms. The van der Waals surface area contributed by atoms with Crippen LogP contribution in [0, 0.1) is 0 Å². The van der Waals surface area contributed by atoms with E-state index in [2.05, 4.69) is 24.1 Å². The Hall–Kier alpha value is -1.18. The van der Waals surface area contributed by atoms with Crippen molar-refractivity contribution >= 4 is 27.2 Å². The fraction of sp³-hybridized carbons (Fsp3) is 0.611. The van der Waals surface area contributed by atoms with E-state index in [9.17, 15) is 8.42 Å². The summed E-state index contributed by atoms with van der Waals surface area (Å²) in [6.07, 6.45) is 1.53. The zero-order chi connectivity index (χ0) is 18.3. The molecule has 1 fully saturated rings. The Morgan fingerprint density at radius 1 is 1.28 bits per heavy atom. The van der Waals surface area contributed by atoms with Crippen molar-refractivity contribution in [2.45, 2.75) is 36.8 Å². The molecule has 1 aromatic carbocycles. The zero-order valence-electron chi connectivity index (χ0n) is 15.1.